The fourth-order valence-corrected chi connectivity index (χ4v) is 2.01. The van der Waals surface area contributed by atoms with Crippen LogP contribution in [0.5, 0.6) is 0 Å². The summed E-state index contributed by atoms with van der Waals surface area (Å²) in [7, 11) is 0. The molecule has 17 heavy (non-hydrogen) atoms. The molecule has 0 saturated carbocycles. The number of hydrogen-bond acceptors (Lipinski definition) is 3. The molecule has 0 radical (unpaired) electrons. The normalized spacial score (nSPS) is 10.3. The number of aryl methyl sites for hydroxylation is 1. The highest BCUT2D eigenvalue weighted by Crippen LogP contribution is 2.16. The average Bonchev–Trinajstić information content (AvgIpc) is 2.30. The number of anilines is 1. The van der Waals surface area contributed by atoms with Crippen LogP contribution in [0.3, 0.4) is 0 Å². The lowest BCUT2D eigenvalue weighted by Gasteiger charge is -2.08. The first kappa shape index (κ1) is 12.3. The van der Waals surface area contributed by atoms with Gasteiger partial charge in [-0.2, -0.15) is 0 Å². The van der Waals surface area contributed by atoms with Crippen molar-refractivity contribution in [2.75, 3.05) is 5.32 Å². The van der Waals surface area contributed by atoms with Crippen LogP contribution in [0.25, 0.3) is 0 Å². The van der Waals surface area contributed by atoms with Gasteiger partial charge in [0.25, 0.3) is 0 Å². The first-order valence-electron chi connectivity index (χ1n) is 5.12. The predicted molar refractivity (Wildman–Crippen MR) is 73.2 cm³/mol. The highest BCUT2D eigenvalue weighted by Gasteiger charge is 2.02. The summed E-state index contributed by atoms with van der Waals surface area (Å²) in [4.78, 5) is 8.06. The number of nitrogens with zero attached hydrogens (tertiary/aromatic N) is 2. The monoisotopic (exact) mass is 311 g/mol. The molecule has 3 nitrogen and oxygen atoms in total. The van der Waals surface area contributed by atoms with Crippen molar-refractivity contribution >= 4 is 33.3 Å². The minimum absolute atomic E-state index is 0.257. The van der Waals surface area contributed by atoms with Gasteiger partial charge < -0.3 is 5.32 Å². The molecule has 0 aliphatic rings. The van der Waals surface area contributed by atoms with Gasteiger partial charge in [-0.3, -0.25) is 0 Å². The van der Waals surface area contributed by atoms with E-state index in [4.69, 9.17) is 11.6 Å². The van der Waals surface area contributed by atoms with Crippen molar-refractivity contribution in [1.29, 1.82) is 0 Å². The molecule has 1 heterocycles. The van der Waals surface area contributed by atoms with E-state index in [0.717, 1.165) is 15.9 Å². The molecule has 1 N–H and O–H groups in total. The Morgan fingerprint density at radius 2 is 2.24 bits per heavy atom. The summed E-state index contributed by atoms with van der Waals surface area (Å²) in [6.07, 6.45) is 1.71. The van der Waals surface area contributed by atoms with E-state index in [1.54, 1.807) is 6.20 Å². The van der Waals surface area contributed by atoms with Gasteiger partial charge >= 0.3 is 0 Å². The highest BCUT2D eigenvalue weighted by atomic mass is 79.9. The first-order chi connectivity index (χ1) is 8.15. The van der Waals surface area contributed by atoms with Crippen LogP contribution in [0.2, 0.25) is 5.28 Å². The van der Waals surface area contributed by atoms with Crippen LogP contribution >= 0.6 is 27.5 Å². The smallest absolute Gasteiger partial charge is 0.224 e. The van der Waals surface area contributed by atoms with Gasteiger partial charge in [-0.1, -0.05) is 28.1 Å². The molecule has 1 aromatic heterocycles. The zero-order valence-corrected chi connectivity index (χ0v) is 11.6. The number of aromatic nitrogens is 2. The van der Waals surface area contributed by atoms with Crippen molar-refractivity contribution in [3.8, 4) is 0 Å². The lowest BCUT2D eigenvalue weighted by atomic mass is 10.2. The van der Waals surface area contributed by atoms with E-state index in [0.29, 0.717) is 6.54 Å². The summed E-state index contributed by atoms with van der Waals surface area (Å²) in [5.74, 6) is 0.768. The number of nitrogens with one attached hydrogen (secondary N) is 1. The van der Waals surface area contributed by atoms with E-state index in [1.807, 2.05) is 19.1 Å². The maximum Gasteiger partial charge on any atom is 0.224 e. The van der Waals surface area contributed by atoms with Crippen LogP contribution in [0, 0.1) is 6.92 Å². The van der Waals surface area contributed by atoms with Crippen molar-refractivity contribution in [1.82, 2.24) is 9.97 Å². The molecule has 0 saturated heterocycles. The molecule has 0 atom stereocenters. The molecular formula is C12H11BrClN3. The standard InChI is InChI=1S/C12H11BrClN3/c1-8-6-16-12(14)17-11(8)15-7-9-3-2-4-10(13)5-9/h2-6H,7H2,1H3,(H,15,16,17). The van der Waals surface area contributed by atoms with Crippen LogP contribution in [0.1, 0.15) is 11.1 Å². The Morgan fingerprint density at radius 1 is 1.41 bits per heavy atom. The zero-order valence-electron chi connectivity index (χ0n) is 9.24. The summed E-state index contributed by atoms with van der Waals surface area (Å²) in [5.41, 5.74) is 2.15. The molecule has 0 fully saturated rings. The Bertz CT molecular complexity index is 531. The predicted octanol–water partition coefficient (Wildman–Crippen LogP) is 3.81. The SMILES string of the molecule is Cc1cnc(Cl)nc1NCc1cccc(Br)c1. The largest absolute Gasteiger partial charge is 0.366 e. The number of halogens is 2. The second-order valence-corrected chi connectivity index (χ2v) is 4.91. The highest BCUT2D eigenvalue weighted by molar-refractivity contribution is 9.10. The Labute approximate surface area is 113 Å². The molecule has 0 aliphatic heterocycles. The van der Waals surface area contributed by atoms with Crippen molar-refractivity contribution in [3.05, 3.63) is 51.3 Å². The van der Waals surface area contributed by atoms with Crippen LogP contribution in [0.4, 0.5) is 5.82 Å². The van der Waals surface area contributed by atoms with E-state index < -0.39 is 0 Å². The van der Waals surface area contributed by atoms with E-state index in [-0.39, 0.29) is 5.28 Å². The third-order valence-corrected chi connectivity index (χ3v) is 2.97. The Morgan fingerprint density at radius 3 is 3.00 bits per heavy atom. The van der Waals surface area contributed by atoms with Crippen molar-refractivity contribution in [2.24, 2.45) is 0 Å². The van der Waals surface area contributed by atoms with Gasteiger partial charge in [0.1, 0.15) is 5.82 Å². The molecule has 88 valence electrons. The molecule has 2 rings (SSSR count). The van der Waals surface area contributed by atoms with Gasteiger partial charge in [-0.25, -0.2) is 9.97 Å². The van der Waals surface area contributed by atoms with E-state index >= 15 is 0 Å². The van der Waals surface area contributed by atoms with Gasteiger partial charge in [0.15, 0.2) is 0 Å². The fourth-order valence-electron chi connectivity index (χ4n) is 1.43. The van der Waals surface area contributed by atoms with Crippen LogP contribution in [-0.4, -0.2) is 9.97 Å². The summed E-state index contributed by atoms with van der Waals surface area (Å²) >= 11 is 9.19. The third-order valence-electron chi connectivity index (χ3n) is 2.29. The van der Waals surface area contributed by atoms with E-state index in [9.17, 15) is 0 Å². The molecule has 2 aromatic rings. The van der Waals surface area contributed by atoms with E-state index in [2.05, 4.69) is 43.3 Å². The molecule has 0 bridgehead atoms. The van der Waals surface area contributed by atoms with Gasteiger partial charge in [0, 0.05) is 22.8 Å². The molecule has 0 spiro atoms. The third kappa shape index (κ3) is 3.41. The summed E-state index contributed by atoms with van der Waals surface area (Å²) in [6, 6.07) is 8.11. The second kappa shape index (κ2) is 5.47. The Hall–Kier alpha value is -1.13. The topological polar surface area (TPSA) is 37.8 Å². The number of rotatable bonds is 3. The van der Waals surface area contributed by atoms with Crippen LogP contribution in [0.15, 0.2) is 34.9 Å². The van der Waals surface area contributed by atoms with Gasteiger partial charge in [-0.05, 0) is 36.2 Å². The Balaban J connectivity index is 2.09. The summed E-state index contributed by atoms with van der Waals surface area (Å²) in [6.45, 7) is 2.65. The average molecular weight is 313 g/mol. The molecule has 0 aliphatic carbocycles. The van der Waals surface area contributed by atoms with Gasteiger partial charge in [0.2, 0.25) is 5.28 Å². The first-order valence-corrected chi connectivity index (χ1v) is 6.30. The maximum atomic E-state index is 5.75. The molecule has 0 amide bonds. The fraction of sp³-hybridized carbons (Fsp3) is 0.167. The Kier molecular flexibility index (Phi) is 3.97. The summed E-state index contributed by atoms with van der Waals surface area (Å²) in [5, 5.41) is 3.50. The number of hydrogen-bond donors (Lipinski definition) is 1. The van der Waals surface area contributed by atoms with Crippen LogP contribution in [-0.2, 0) is 6.54 Å². The van der Waals surface area contributed by atoms with Crippen LogP contribution < -0.4 is 5.32 Å². The van der Waals surface area contributed by atoms with Crippen molar-refractivity contribution < 1.29 is 0 Å². The minimum atomic E-state index is 0.257. The quantitative estimate of drug-likeness (QED) is 0.876. The molecule has 0 unspecified atom stereocenters. The lowest BCUT2D eigenvalue weighted by Crippen LogP contribution is -2.04. The maximum absolute atomic E-state index is 5.75. The molecular weight excluding hydrogens is 302 g/mol. The number of benzene rings is 1. The van der Waals surface area contributed by atoms with Crippen molar-refractivity contribution in [2.45, 2.75) is 13.5 Å². The molecule has 1 aromatic carbocycles. The second-order valence-electron chi connectivity index (χ2n) is 3.65. The van der Waals surface area contributed by atoms with E-state index in [1.165, 1.54) is 5.56 Å². The van der Waals surface area contributed by atoms with Crippen molar-refractivity contribution in [3.63, 3.8) is 0 Å². The summed E-state index contributed by atoms with van der Waals surface area (Å²) < 4.78 is 1.06. The molecule has 5 heteroatoms. The lowest BCUT2D eigenvalue weighted by molar-refractivity contribution is 1.06. The van der Waals surface area contributed by atoms with Gasteiger partial charge in [0.05, 0.1) is 0 Å². The zero-order chi connectivity index (χ0) is 12.3. The van der Waals surface area contributed by atoms with Gasteiger partial charge in [-0.15, -0.1) is 0 Å². The minimum Gasteiger partial charge on any atom is -0.366 e.